The fourth-order valence-corrected chi connectivity index (χ4v) is 4.13. The van der Waals surface area contributed by atoms with E-state index in [0.717, 1.165) is 42.0 Å². The van der Waals surface area contributed by atoms with Gasteiger partial charge in [0.2, 0.25) is 5.91 Å². The fourth-order valence-electron chi connectivity index (χ4n) is 3.23. The zero-order valence-corrected chi connectivity index (χ0v) is 14.4. The van der Waals surface area contributed by atoms with E-state index in [9.17, 15) is 4.79 Å². The first-order chi connectivity index (χ1) is 11.7. The van der Waals surface area contributed by atoms with Crippen molar-refractivity contribution in [1.82, 2.24) is 24.9 Å². The Morgan fingerprint density at radius 2 is 2.25 bits per heavy atom. The summed E-state index contributed by atoms with van der Waals surface area (Å²) in [6.07, 6.45) is 4.04. The molecule has 0 aliphatic carbocycles. The smallest absolute Gasteiger partial charge is 0.244 e. The monoisotopic (exact) mass is 341 g/mol. The first-order valence-electron chi connectivity index (χ1n) is 8.19. The van der Waals surface area contributed by atoms with Crippen LogP contribution in [-0.2, 0) is 11.3 Å². The molecule has 124 valence electrons. The molecule has 6 nitrogen and oxygen atoms in total. The molecule has 1 aliphatic heterocycles. The molecule has 7 heteroatoms. The number of thiazole rings is 1. The van der Waals surface area contributed by atoms with E-state index in [1.807, 2.05) is 35.4 Å². The number of aromatic nitrogens is 4. The summed E-state index contributed by atoms with van der Waals surface area (Å²) < 4.78 is 1.69. The highest BCUT2D eigenvalue weighted by Gasteiger charge is 2.27. The number of hydrogen-bond acceptors (Lipinski definition) is 5. The van der Waals surface area contributed by atoms with E-state index in [4.69, 9.17) is 0 Å². The minimum atomic E-state index is 0.101. The maximum Gasteiger partial charge on any atom is 0.244 e. The molecule has 2 aromatic heterocycles. The topological polar surface area (TPSA) is 63.9 Å². The predicted molar refractivity (Wildman–Crippen MR) is 92.9 cm³/mol. The average molecular weight is 341 g/mol. The van der Waals surface area contributed by atoms with Gasteiger partial charge in [0.15, 0.2) is 0 Å². The Kier molecular flexibility index (Phi) is 4.02. The Morgan fingerprint density at radius 1 is 1.38 bits per heavy atom. The summed E-state index contributed by atoms with van der Waals surface area (Å²) in [5.41, 5.74) is 1.72. The van der Waals surface area contributed by atoms with E-state index in [1.165, 1.54) is 4.88 Å². The maximum absolute atomic E-state index is 12.7. The summed E-state index contributed by atoms with van der Waals surface area (Å²) in [5.74, 6) is 0.456. The Morgan fingerprint density at radius 3 is 3.08 bits per heavy atom. The predicted octanol–water partition coefficient (Wildman–Crippen LogP) is 2.60. The van der Waals surface area contributed by atoms with Crippen molar-refractivity contribution >= 4 is 28.3 Å². The van der Waals surface area contributed by atoms with Gasteiger partial charge in [0.25, 0.3) is 0 Å². The highest BCUT2D eigenvalue weighted by Crippen LogP contribution is 2.29. The summed E-state index contributed by atoms with van der Waals surface area (Å²) in [5, 5.41) is 9.38. The molecule has 1 fully saturated rings. The molecular formula is C17H19N5OS. The Balaban J connectivity index is 1.48. The second-order valence-corrected chi connectivity index (χ2v) is 7.49. The third-order valence-electron chi connectivity index (χ3n) is 4.47. The summed E-state index contributed by atoms with van der Waals surface area (Å²) in [7, 11) is 0. The van der Waals surface area contributed by atoms with Gasteiger partial charge in [0.05, 0.1) is 10.5 Å². The van der Waals surface area contributed by atoms with E-state index >= 15 is 0 Å². The van der Waals surface area contributed by atoms with Crippen molar-refractivity contribution in [2.75, 3.05) is 13.1 Å². The number of likely N-dealkylation sites (tertiary alicyclic amines) is 1. The van der Waals surface area contributed by atoms with Crippen molar-refractivity contribution in [3.8, 4) is 0 Å². The van der Waals surface area contributed by atoms with Crippen LogP contribution in [0.2, 0.25) is 0 Å². The largest absolute Gasteiger partial charge is 0.340 e. The van der Waals surface area contributed by atoms with Crippen LogP contribution < -0.4 is 0 Å². The van der Waals surface area contributed by atoms with Gasteiger partial charge in [-0.1, -0.05) is 17.3 Å². The molecule has 1 aromatic carbocycles. The average Bonchev–Trinajstić information content (AvgIpc) is 3.22. The van der Waals surface area contributed by atoms with E-state index in [0.29, 0.717) is 5.92 Å². The van der Waals surface area contributed by atoms with E-state index in [2.05, 4.69) is 22.2 Å². The van der Waals surface area contributed by atoms with Crippen LogP contribution in [0.3, 0.4) is 0 Å². The molecule has 0 saturated carbocycles. The second kappa shape index (κ2) is 6.32. The second-order valence-electron chi connectivity index (χ2n) is 6.22. The van der Waals surface area contributed by atoms with Gasteiger partial charge >= 0.3 is 0 Å². The molecule has 1 amide bonds. The van der Waals surface area contributed by atoms with Crippen molar-refractivity contribution in [3.63, 3.8) is 0 Å². The highest BCUT2D eigenvalue weighted by atomic mass is 32.1. The molecule has 3 heterocycles. The highest BCUT2D eigenvalue weighted by molar-refractivity contribution is 7.11. The third kappa shape index (κ3) is 2.91. The molecular weight excluding hydrogens is 322 g/mol. The molecule has 1 aliphatic rings. The number of amides is 1. The molecule has 0 unspecified atom stereocenters. The number of carbonyl (C=O) groups excluding carboxylic acids is 1. The standard InChI is InChI=1S/C17H19N5OS/c1-12-9-18-17(24-12)13-5-4-8-21(10-13)16(23)11-22-15-7-3-2-6-14(15)19-20-22/h2-3,6-7,9,13H,4-5,8,10-11H2,1H3/t13-/m1/s1. The van der Waals surface area contributed by atoms with Crippen LogP contribution >= 0.6 is 11.3 Å². The fraction of sp³-hybridized carbons (Fsp3) is 0.412. The molecule has 0 N–H and O–H groups in total. The number of nitrogens with zero attached hydrogens (tertiary/aromatic N) is 5. The van der Waals surface area contributed by atoms with Crippen molar-refractivity contribution in [3.05, 3.63) is 40.3 Å². The van der Waals surface area contributed by atoms with Crippen LogP contribution in [0.25, 0.3) is 11.0 Å². The maximum atomic E-state index is 12.7. The van der Waals surface area contributed by atoms with Crippen LogP contribution in [0, 0.1) is 6.92 Å². The van der Waals surface area contributed by atoms with Crippen LogP contribution in [0.15, 0.2) is 30.5 Å². The summed E-state index contributed by atoms with van der Waals surface area (Å²) >= 11 is 1.74. The number of fused-ring (bicyclic) bond motifs is 1. The molecule has 4 rings (SSSR count). The van der Waals surface area contributed by atoms with Gasteiger partial charge in [-0.15, -0.1) is 16.4 Å². The number of carbonyl (C=O) groups is 1. The Hall–Kier alpha value is -2.28. The van der Waals surface area contributed by atoms with E-state index < -0.39 is 0 Å². The molecule has 1 saturated heterocycles. The first kappa shape index (κ1) is 15.3. The lowest BCUT2D eigenvalue weighted by Gasteiger charge is -2.31. The van der Waals surface area contributed by atoms with Gasteiger partial charge in [-0.05, 0) is 31.9 Å². The number of benzene rings is 1. The summed E-state index contributed by atoms with van der Waals surface area (Å²) in [6, 6.07) is 7.72. The lowest BCUT2D eigenvalue weighted by molar-refractivity contribution is -0.133. The first-order valence-corrected chi connectivity index (χ1v) is 9.00. The van der Waals surface area contributed by atoms with Gasteiger partial charge in [-0.2, -0.15) is 0 Å². The van der Waals surface area contributed by atoms with E-state index in [1.54, 1.807) is 16.0 Å². The minimum Gasteiger partial charge on any atom is -0.340 e. The van der Waals surface area contributed by atoms with Gasteiger partial charge < -0.3 is 4.90 Å². The molecule has 24 heavy (non-hydrogen) atoms. The zero-order chi connectivity index (χ0) is 16.5. The lowest BCUT2D eigenvalue weighted by Crippen LogP contribution is -2.41. The number of rotatable bonds is 3. The molecule has 0 radical (unpaired) electrons. The molecule has 3 aromatic rings. The Bertz CT molecular complexity index is 871. The van der Waals surface area contributed by atoms with Gasteiger partial charge in [0, 0.05) is 30.1 Å². The number of para-hydroxylation sites is 1. The van der Waals surface area contributed by atoms with Crippen molar-refractivity contribution < 1.29 is 4.79 Å². The normalized spacial score (nSPS) is 18.2. The van der Waals surface area contributed by atoms with Gasteiger partial charge in [0.1, 0.15) is 12.1 Å². The van der Waals surface area contributed by atoms with Crippen LogP contribution in [0.1, 0.15) is 28.6 Å². The number of piperidine rings is 1. The third-order valence-corrected chi connectivity index (χ3v) is 5.54. The van der Waals surface area contributed by atoms with E-state index in [-0.39, 0.29) is 12.5 Å². The zero-order valence-electron chi connectivity index (χ0n) is 13.6. The van der Waals surface area contributed by atoms with Crippen LogP contribution in [0.5, 0.6) is 0 Å². The molecule has 0 spiro atoms. The SMILES string of the molecule is Cc1cnc([C@@H]2CCCN(C(=O)Cn3nnc4ccccc43)C2)s1. The van der Waals surface area contributed by atoms with Crippen molar-refractivity contribution in [1.29, 1.82) is 0 Å². The number of hydrogen-bond donors (Lipinski definition) is 0. The van der Waals surface area contributed by atoms with Crippen LogP contribution in [0.4, 0.5) is 0 Å². The summed E-state index contributed by atoms with van der Waals surface area (Å²) in [6.45, 7) is 3.87. The molecule has 1 atom stereocenters. The van der Waals surface area contributed by atoms with Crippen molar-refractivity contribution in [2.24, 2.45) is 0 Å². The van der Waals surface area contributed by atoms with Gasteiger partial charge in [-0.25, -0.2) is 9.67 Å². The lowest BCUT2D eigenvalue weighted by atomic mass is 9.99. The number of aryl methyl sites for hydroxylation is 1. The summed E-state index contributed by atoms with van der Waals surface area (Å²) in [4.78, 5) is 20.4. The quantitative estimate of drug-likeness (QED) is 0.734. The van der Waals surface area contributed by atoms with Gasteiger partial charge in [-0.3, -0.25) is 4.79 Å². The molecule has 0 bridgehead atoms. The van der Waals surface area contributed by atoms with Crippen LogP contribution in [-0.4, -0.2) is 43.9 Å². The Labute approximate surface area is 144 Å². The van der Waals surface area contributed by atoms with Crippen molar-refractivity contribution in [2.45, 2.75) is 32.2 Å². The minimum absolute atomic E-state index is 0.101.